The third kappa shape index (κ3) is 7.16. The number of pyridine rings is 1. The van der Waals surface area contributed by atoms with E-state index in [1.807, 2.05) is 13.8 Å². The van der Waals surface area contributed by atoms with Gasteiger partial charge in [-0.3, -0.25) is 4.90 Å². The van der Waals surface area contributed by atoms with Gasteiger partial charge in [0.2, 0.25) is 0 Å². The minimum Gasteiger partial charge on any atom is -0.482 e. The van der Waals surface area contributed by atoms with Crippen molar-refractivity contribution in [3.05, 3.63) is 24.0 Å². The highest BCUT2D eigenvalue weighted by molar-refractivity contribution is 5.63. The molecule has 2 aromatic heterocycles. The molecule has 0 bridgehead atoms. The maximum Gasteiger partial charge on any atom is 0.422 e. The molecule has 8 nitrogen and oxygen atoms in total. The van der Waals surface area contributed by atoms with Gasteiger partial charge in [-0.15, -0.1) is 5.10 Å². The number of hydrogen-bond donors (Lipinski definition) is 0. The van der Waals surface area contributed by atoms with Gasteiger partial charge >= 0.3 is 6.18 Å². The predicted molar refractivity (Wildman–Crippen MR) is 121 cm³/mol. The van der Waals surface area contributed by atoms with Gasteiger partial charge in [-0.2, -0.15) is 13.2 Å². The Morgan fingerprint density at radius 1 is 1.14 bits per heavy atom. The normalized spacial score (nSPS) is 20.1. The van der Waals surface area contributed by atoms with Crippen LogP contribution >= 0.6 is 0 Å². The van der Waals surface area contributed by atoms with Gasteiger partial charge < -0.3 is 14.2 Å². The molecule has 4 heterocycles. The number of rotatable bonds is 6. The van der Waals surface area contributed by atoms with Gasteiger partial charge in [0.05, 0.1) is 32.5 Å². The molecule has 4 rings (SSSR count). The molecule has 0 spiro atoms. The Kier molecular flexibility index (Phi) is 7.09. The van der Waals surface area contributed by atoms with E-state index in [1.54, 1.807) is 6.20 Å². The Bertz CT molecular complexity index is 1090. The smallest absolute Gasteiger partial charge is 0.422 e. The Hall–Kier alpha value is -2.68. The maximum atomic E-state index is 12.9. The summed E-state index contributed by atoms with van der Waals surface area (Å²) in [5.41, 5.74) is 1.13. The number of hydrogen-bond acceptors (Lipinski definition) is 7. The Morgan fingerprint density at radius 3 is 2.51 bits per heavy atom. The van der Waals surface area contributed by atoms with E-state index < -0.39 is 19.1 Å². The van der Waals surface area contributed by atoms with Crippen LogP contribution in [0.1, 0.15) is 33.3 Å². The SMILES string of the molecule is CC1(C)COC(Cn2cc(-c3ncc(C#CCN4CC(C)(C)C4)cc3OCC(F)(F)F)nn2)OC1. The first kappa shape index (κ1) is 25.4. The second-order valence-electron chi connectivity index (χ2n) is 10.6. The lowest BCUT2D eigenvalue weighted by molar-refractivity contribution is -0.227. The molecule has 2 saturated heterocycles. The lowest BCUT2D eigenvalue weighted by Crippen LogP contribution is -2.52. The van der Waals surface area contributed by atoms with E-state index in [0.717, 1.165) is 13.1 Å². The number of ether oxygens (including phenoxy) is 3. The summed E-state index contributed by atoms with van der Waals surface area (Å²) >= 11 is 0. The second-order valence-corrected chi connectivity index (χ2v) is 10.6. The van der Waals surface area contributed by atoms with Crippen LogP contribution in [0, 0.1) is 22.7 Å². The summed E-state index contributed by atoms with van der Waals surface area (Å²) in [5.74, 6) is 5.96. The van der Waals surface area contributed by atoms with Crippen LogP contribution in [-0.2, 0) is 16.0 Å². The monoisotopic (exact) mass is 493 g/mol. The molecule has 0 aliphatic carbocycles. The lowest BCUT2D eigenvalue weighted by atomic mass is 9.84. The van der Waals surface area contributed by atoms with Gasteiger partial charge in [0.25, 0.3) is 0 Å². The Morgan fingerprint density at radius 2 is 1.86 bits per heavy atom. The van der Waals surface area contributed by atoms with E-state index in [-0.39, 0.29) is 22.6 Å². The van der Waals surface area contributed by atoms with Crippen molar-refractivity contribution in [3.63, 3.8) is 0 Å². The summed E-state index contributed by atoms with van der Waals surface area (Å²) in [7, 11) is 0. The number of alkyl halides is 3. The average Bonchev–Trinajstić information content (AvgIpc) is 3.20. The first-order valence-corrected chi connectivity index (χ1v) is 11.4. The molecule has 0 saturated carbocycles. The molecule has 190 valence electrons. The van der Waals surface area contributed by atoms with E-state index in [0.29, 0.717) is 37.3 Å². The Labute approximate surface area is 202 Å². The fraction of sp³-hybridized carbons (Fsp3) is 0.625. The molecule has 0 radical (unpaired) electrons. The first-order chi connectivity index (χ1) is 16.4. The molecule has 0 N–H and O–H groups in total. The second kappa shape index (κ2) is 9.76. The van der Waals surface area contributed by atoms with E-state index in [4.69, 9.17) is 14.2 Å². The topological polar surface area (TPSA) is 74.5 Å². The molecule has 2 fully saturated rings. The fourth-order valence-electron chi connectivity index (χ4n) is 3.99. The molecule has 0 unspecified atom stereocenters. The van der Waals surface area contributed by atoms with E-state index in [1.165, 1.54) is 16.9 Å². The van der Waals surface area contributed by atoms with Crippen molar-refractivity contribution < 1.29 is 27.4 Å². The van der Waals surface area contributed by atoms with Gasteiger partial charge in [-0.25, -0.2) is 9.67 Å². The van der Waals surface area contributed by atoms with Crippen LogP contribution in [0.4, 0.5) is 13.2 Å². The van der Waals surface area contributed by atoms with Crippen LogP contribution in [0.2, 0.25) is 0 Å². The van der Waals surface area contributed by atoms with Crippen LogP contribution in [0.25, 0.3) is 11.4 Å². The van der Waals surface area contributed by atoms with Crippen molar-refractivity contribution in [2.45, 2.75) is 46.7 Å². The van der Waals surface area contributed by atoms with Crippen LogP contribution < -0.4 is 4.74 Å². The molecule has 0 atom stereocenters. The van der Waals surface area contributed by atoms with Gasteiger partial charge in [-0.05, 0) is 11.5 Å². The fourth-order valence-corrected chi connectivity index (χ4v) is 3.99. The van der Waals surface area contributed by atoms with E-state index in [9.17, 15) is 13.2 Å². The van der Waals surface area contributed by atoms with Gasteiger partial charge in [0, 0.05) is 30.3 Å². The molecule has 2 aliphatic heterocycles. The van der Waals surface area contributed by atoms with Crippen LogP contribution in [0.15, 0.2) is 18.5 Å². The largest absolute Gasteiger partial charge is 0.482 e. The van der Waals surface area contributed by atoms with Gasteiger partial charge in [-0.1, -0.05) is 44.7 Å². The summed E-state index contributed by atoms with van der Waals surface area (Å²) in [6.07, 6.45) is -1.91. The zero-order valence-electron chi connectivity index (χ0n) is 20.4. The van der Waals surface area contributed by atoms with Crippen LogP contribution in [0.5, 0.6) is 5.75 Å². The van der Waals surface area contributed by atoms with Crippen LogP contribution in [0.3, 0.4) is 0 Å². The summed E-state index contributed by atoms with van der Waals surface area (Å²) in [4.78, 5) is 6.50. The number of likely N-dealkylation sites (tertiary alicyclic amines) is 1. The Balaban J connectivity index is 1.47. The van der Waals surface area contributed by atoms with Crippen LogP contribution in [-0.4, -0.2) is 76.8 Å². The van der Waals surface area contributed by atoms with Crippen molar-refractivity contribution in [2.75, 3.05) is 39.5 Å². The zero-order valence-corrected chi connectivity index (χ0v) is 20.4. The van der Waals surface area contributed by atoms with Gasteiger partial charge in [0.1, 0.15) is 17.1 Å². The minimum absolute atomic E-state index is 0.0572. The number of nitrogens with zero attached hydrogens (tertiary/aromatic N) is 5. The van der Waals surface area contributed by atoms with E-state index in [2.05, 4.69) is 45.9 Å². The predicted octanol–water partition coefficient (Wildman–Crippen LogP) is 3.37. The average molecular weight is 494 g/mol. The number of halogens is 3. The highest BCUT2D eigenvalue weighted by atomic mass is 19.4. The zero-order chi connectivity index (χ0) is 25.3. The van der Waals surface area contributed by atoms with E-state index >= 15 is 0 Å². The van der Waals surface area contributed by atoms with Crippen molar-refractivity contribution in [1.29, 1.82) is 0 Å². The summed E-state index contributed by atoms with van der Waals surface area (Å²) in [5, 5.41) is 8.12. The van der Waals surface area contributed by atoms with Gasteiger partial charge in [0.15, 0.2) is 12.9 Å². The van der Waals surface area contributed by atoms with Crippen molar-refractivity contribution in [2.24, 2.45) is 10.8 Å². The molecule has 2 aliphatic rings. The lowest BCUT2D eigenvalue weighted by Gasteiger charge is -2.44. The standard InChI is InChI=1S/C24H30F3N5O3/c1-22(2)12-31(13-22)7-5-6-17-8-19(33-16-24(25,26)27)21(28-9-17)18-10-32(30-29-18)11-20-34-14-23(3,4)15-35-20/h8-10,20H,7,11-16H2,1-4H3. The molecular formula is C24H30F3N5O3. The quantitative estimate of drug-likeness (QED) is 0.572. The van der Waals surface area contributed by atoms with Crippen molar-refractivity contribution in [1.82, 2.24) is 24.9 Å². The maximum absolute atomic E-state index is 12.9. The third-order valence-electron chi connectivity index (χ3n) is 5.52. The highest BCUT2D eigenvalue weighted by Gasteiger charge is 2.33. The number of aromatic nitrogens is 4. The first-order valence-electron chi connectivity index (χ1n) is 11.4. The summed E-state index contributed by atoms with van der Waals surface area (Å²) in [6.45, 7) is 10.9. The summed E-state index contributed by atoms with van der Waals surface area (Å²) < 4.78 is 56.6. The van der Waals surface area contributed by atoms with Crippen molar-refractivity contribution in [3.8, 4) is 29.0 Å². The third-order valence-corrected chi connectivity index (χ3v) is 5.52. The van der Waals surface area contributed by atoms with Crippen molar-refractivity contribution >= 4 is 0 Å². The molecule has 0 aromatic carbocycles. The molecule has 11 heteroatoms. The summed E-state index contributed by atoms with van der Waals surface area (Å²) in [6, 6.07) is 1.45. The minimum atomic E-state index is -4.50. The molecule has 35 heavy (non-hydrogen) atoms. The molecule has 2 aromatic rings. The highest BCUT2D eigenvalue weighted by Crippen LogP contribution is 2.30. The molecule has 0 amide bonds. The molecular weight excluding hydrogens is 463 g/mol.